The Morgan fingerprint density at radius 2 is 2.13 bits per heavy atom. The van der Waals surface area contributed by atoms with Gasteiger partial charge >= 0.3 is 0 Å². The van der Waals surface area contributed by atoms with Gasteiger partial charge in [0.15, 0.2) is 11.5 Å². The highest BCUT2D eigenvalue weighted by Crippen LogP contribution is 2.33. The summed E-state index contributed by atoms with van der Waals surface area (Å²) < 4.78 is 0. The van der Waals surface area contributed by atoms with E-state index in [0.29, 0.717) is 10.6 Å². The lowest BCUT2D eigenvalue weighted by molar-refractivity contribution is -0.123. The number of nitrogens with zero attached hydrogens (tertiary/aromatic N) is 1. The van der Waals surface area contributed by atoms with Crippen molar-refractivity contribution in [3.8, 4) is 0 Å². The van der Waals surface area contributed by atoms with E-state index in [0.717, 1.165) is 0 Å². The van der Waals surface area contributed by atoms with Crippen molar-refractivity contribution in [3.05, 3.63) is 34.9 Å². The number of rotatable bonds is 1. The molecule has 1 unspecified atom stereocenters. The predicted molar refractivity (Wildman–Crippen MR) is 58.6 cm³/mol. The number of nitrogens with one attached hydrogen (secondary N) is 1. The van der Waals surface area contributed by atoms with Crippen LogP contribution in [0.3, 0.4) is 0 Å². The van der Waals surface area contributed by atoms with E-state index >= 15 is 0 Å². The molecule has 0 saturated heterocycles. The molecular formula is C10H10ClN3O. The number of amides is 1. The van der Waals surface area contributed by atoms with Crippen molar-refractivity contribution < 1.29 is 4.79 Å². The SMILES string of the molecule is CC1(c2ccccc2Cl)N=C(N)NC1=O. The van der Waals surface area contributed by atoms with E-state index in [-0.39, 0.29) is 11.9 Å². The van der Waals surface area contributed by atoms with E-state index in [1.807, 2.05) is 6.07 Å². The first-order chi connectivity index (χ1) is 7.04. The van der Waals surface area contributed by atoms with E-state index in [2.05, 4.69) is 10.3 Å². The lowest BCUT2D eigenvalue weighted by Crippen LogP contribution is -2.37. The summed E-state index contributed by atoms with van der Waals surface area (Å²) in [5, 5.41) is 2.97. The van der Waals surface area contributed by atoms with E-state index in [1.165, 1.54) is 0 Å². The van der Waals surface area contributed by atoms with Crippen LogP contribution in [0, 0.1) is 0 Å². The van der Waals surface area contributed by atoms with Gasteiger partial charge in [-0.15, -0.1) is 0 Å². The topological polar surface area (TPSA) is 67.5 Å². The molecule has 0 spiro atoms. The smallest absolute Gasteiger partial charge is 0.259 e. The molecule has 3 N–H and O–H groups in total. The molecule has 1 aromatic carbocycles. The zero-order valence-electron chi connectivity index (χ0n) is 8.12. The van der Waals surface area contributed by atoms with Gasteiger partial charge in [0.2, 0.25) is 0 Å². The normalized spacial score (nSPS) is 24.9. The summed E-state index contributed by atoms with van der Waals surface area (Å²) in [5.41, 5.74) is 5.11. The highest BCUT2D eigenvalue weighted by molar-refractivity contribution is 6.32. The number of guanidine groups is 1. The Bertz CT molecular complexity index is 458. The zero-order chi connectivity index (χ0) is 11.1. The van der Waals surface area contributed by atoms with Gasteiger partial charge in [0.25, 0.3) is 5.91 Å². The second-order valence-electron chi connectivity index (χ2n) is 3.50. The fourth-order valence-electron chi connectivity index (χ4n) is 1.60. The minimum Gasteiger partial charge on any atom is -0.370 e. The third kappa shape index (κ3) is 1.47. The van der Waals surface area contributed by atoms with Crippen molar-refractivity contribution in [2.45, 2.75) is 12.5 Å². The summed E-state index contributed by atoms with van der Waals surface area (Å²) in [7, 11) is 0. The van der Waals surface area contributed by atoms with E-state index < -0.39 is 5.54 Å². The largest absolute Gasteiger partial charge is 0.370 e. The Hall–Kier alpha value is -1.55. The molecule has 0 bridgehead atoms. The number of carbonyl (C=O) groups is 1. The highest BCUT2D eigenvalue weighted by Gasteiger charge is 2.41. The summed E-state index contributed by atoms with van der Waals surface area (Å²) in [4.78, 5) is 15.8. The molecule has 4 nitrogen and oxygen atoms in total. The van der Waals surface area contributed by atoms with Gasteiger partial charge in [-0.3, -0.25) is 10.1 Å². The third-order valence-electron chi connectivity index (χ3n) is 2.43. The van der Waals surface area contributed by atoms with Crippen LogP contribution in [0.5, 0.6) is 0 Å². The van der Waals surface area contributed by atoms with Crippen LogP contribution >= 0.6 is 11.6 Å². The summed E-state index contributed by atoms with van der Waals surface area (Å²) in [6.45, 7) is 1.68. The lowest BCUT2D eigenvalue weighted by atomic mass is 9.92. The lowest BCUT2D eigenvalue weighted by Gasteiger charge is -2.19. The van der Waals surface area contributed by atoms with Crippen LogP contribution in [0.2, 0.25) is 5.02 Å². The summed E-state index contributed by atoms with van der Waals surface area (Å²) in [6, 6.07) is 7.10. The molecule has 1 atom stereocenters. The van der Waals surface area contributed by atoms with Crippen LogP contribution < -0.4 is 11.1 Å². The molecule has 0 radical (unpaired) electrons. The maximum absolute atomic E-state index is 11.7. The predicted octanol–water partition coefficient (Wildman–Crippen LogP) is 1.000. The summed E-state index contributed by atoms with van der Waals surface area (Å²) >= 11 is 6.02. The number of benzene rings is 1. The van der Waals surface area contributed by atoms with Crippen molar-refractivity contribution in [2.75, 3.05) is 0 Å². The number of hydrogen-bond acceptors (Lipinski definition) is 3. The highest BCUT2D eigenvalue weighted by atomic mass is 35.5. The molecule has 0 aromatic heterocycles. The van der Waals surface area contributed by atoms with Gasteiger partial charge in [-0.25, -0.2) is 4.99 Å². The maximum atomic E-state index is 11.7. The van der Waals surface area contributed by atoms with Crippen LogP contribution in [0.25, 0.3) is 0 Å². The Morgan fingerprint density at radius 3 is 2.67 bits per heavy atom. The number of hydrogen-bond donors (Lipinski definition) is 2. The number of aliphatic imine (C=N–C) groups is 1. The number of carbonyl (C=O) groups excluding carboxylic acids is 1. The Balaban J connectivity index is 2.56. The van der Waals surface area contributed by atoms with Crippen molar-refractivity contribution in [2.24, 2.45) is 10.7 Å². The van der Waals surface area contributed by atoms with Crippen LogP contribution in [-0.4, -0.2) is 11.9 Å². The molecule has 1 aliphatic rings. The molecule has 1 heterocycles. The van der Waals surface area contributed by atoms with E-state index in [1.54, 1.807) is 25.1 Å². The fourth-order valence-corrected chi connectivity index (χ4v) is 1.92. The maximum Gasteiger partial charge on any atom is 0.259 e. The molecule has 1 amide bonds. The first-order valence-corrected chi connectivity index (χ1v) is 4.83. The standard InChI is InChI=1S/C10H10ClN3O/c1-10(8(15)13-9(12)14-10)6-4-2-3-5-7(6)11/h2-5H,1H3,(H3,12,13,14,15). The Kier molecular flexibility index (Phi) is 2.16. The van der Waals surface area contributed by atoms with Crippen LogP contribution in [-0.2, 0) is 10.3 Å². The summed E-state index contributed by atoms with van der Waals surface area (Å²) in [6.07, 6.45) is 0. The van der Waals surface area contributed by atoms with Gasteiger partial charge in [0.05, 0.1) is 0 Å². The molecule has 0 saturated carbocycles. The molecule has 2 rings (SSSR count). The van der Waals surface area contributed by atoms with Crippen molar-refractivity contribution in [1.82, 2.24) is 5.32 Å². The average Bonchev–Trinajstić information content (AvgIpc) is 2.42. The number of nitrogens with two attached hydrogens (primary N) is 1. The van der Waals surface area contributed by atoms with Crippen LogP contribution in [0.4, 0.5) is 0 Å². The fraction of sp³-hybridized carbons (Fsp3) is 0.200. The van der Waals surface area contributed by atoms with Gasteiger partial charge in [-0.05, 0) is 13.0 Å². The van der Waals surface area contributed by atoms with Crippen molar-refractivity contribution in [1.29, 1.82) is 0 Å². The third-order valence-corrected chi connectivity index (χ3v) is 2.76. The van der Waals surface area contributed by atoms with Gasteiger partial charge in [0.1, 0.15) is 0 Å². The number of halogens is 1. The van der Waals surface area contributed by atoms with Crippen LogP contribution in [0.15, 0.2) is 29.3 Å². The quantitative estimate of drug-likeness (QED) is 0.746. The van der Waals surface area contributed by atoms with Gasteiger partial charge < -0.3 is 5.73 Å². The van der Waals surface area contributed by atoms with E-state index in [9.17, 15) is 4.79 Å². The Labute approximate surface area is 92.1 Å². The monoisotopic (exact) mass is 223 g/mol. The molecule has 5 heteroatoms. The first kappa shape index (κ1) is 9.98. The molecule has 0 aliphatic carbocycles. The van der Waals surface area contributed by atoms with Gasteiger partial charge in [-0.2, -0.15) is 0 Å². The molecule has 78 valence electrons. The molecule has 15 heavy (non-hydrogen) atoms. The second-order valence-corrected chi connectivity index (χ2v) is 3.91. The minimum atomic E-state index is -1.01. The Morgan fingerprint density at radius 1 is 1.47 bits per heavy atom. The first-order valence-electron chi connectivity index (χ1n) is 4.46. The summed E-state index contributed by atoms with van der Waals surface area (Å²) in [5.74, 6) is -0.129. The minimum absolute atomic E-state index is 0.127. The van der Waals surface area contributed by atoms with E-state index in [4.69, 9.17) is 17.3 Å². The van der Waals surface area contributed by atoms with Crippen LogP contribution in [0.1, 0.15) is 12.5 Å². The van der Waals surface area contributed by atoms with Gasteiger partial charge in [-0.1, -0.05) is 29.8 Å². The molecular weight excluding hydrogens is 214 g/mol. The van der Waals surface area contributed by atoms with Crippen molar-refractivity contribution in [3.63, 3.8) is 0 Å². The van der Waals surface area contributed by atoms with Crippen molar-refractivity contribution >= 4 is 23.5 Å². The zero-order valence-corrected chi connectivity index (χ0v) is 8.88. The second kappa shape index (κ2) is 3.24. The van der Waals surface area contributed by atoms with Gasteiger partial charge in [0, 0.05) is 10.6 Å². The molecule has 1 aliphatic heterocycles. The molecule has 0 fully saturated rings. The molecule has 1 aromatic rings. The average molecular weight is 224 g/mol.